The minimum atomic E-state index is 1.13. The Bertz CT molecular complexity index is 461. The molecule has 2 rings (SSSR count). The number of hydrogen-bond donors (Lipinski definition) is 0. The smallest absolute Gasteiger partial charge is 0.0240 e. The highest BCUT2D eigenvalue weighted by Gasteiger charge is 2.16. The van der Waals surface area contributed by atoms with E-state index in [1.54, 1.807) is 11.1 Å². The molecule has 0 saturated heterocycles. The van der Waals surface area contributed by atoms with Crippen LogP contribution in [-0.2, 0) is 13.0 Å². The van der Waals surface area contributed by atoms with Gasteiger partial charge in [-0.1, -0.05) is 75.4 Å². The molecule has 0 aromatic heterocycles. The maximum Gasteiger partial charge on any atom is 0.0240 e. The molecule has 22 heavy (non-hydrogen) atoms. The van der Waals surface area contributed by atoms with Crippen LogP contribution in [0.15, 0.2) is 35.9 Å². The van der Waals surface area contributed by atoms with Crippen LogP contribution in [0.25, 0.3) is 0 Å². The van der Waals surface area contributed by atoms with Gasteiger partial charge in [0.2, 0.25) is 0 Å². The average molecular weight is 300 g/mol. The van der Waals surface area contributed by atoms with Crippen LogP contribution in [0.3, 0.4) is 0 Å². The third-order valence-electron chi connectivity index (χ3n) is 4.71. The van der Waals surface area contributed by atoms with Gasteiger partial charge in [-0.15, -0.1) is 0 Å². The lowest BCUT2D eigenvalue weighted by Gasteiger charge is -2.29. The quantitative estimate of drug-likeness (QED) is 0.415. The van der Waals surface area contributed by atoms with Crippen LogP contribution < -0.4 is 0 Å². The summed E-state index contributed by atoms with van der Waals surface area (Å²) in [5.74, 6) is 0. The summed E-state index contributed by atoms with van der Waals surface area (Å²) < 4.78 is 0. The van der Waals surface area contributed by atoms with E-state index in [0.717, 1.165) is 6.54 Å². The summed E-state index contributed by atoms with van der Waals surface area (Å²) in [5, 5.41) is 0. The fourth-order valence-electron chi connectivity index (χ4n) is 3.35. The predicted octanol–water partition coefficient (Wildman–Crippen LogP) is 5.74. The average Bonchev–Trinajstić information content (AvgIpc) is 2.56. The van der Waals surface area contributed by atoms with Gasteiger partial charge in [0.05, 0.1) is 0 Å². The molecule has 0 N–H and O–H groups in total. The lowest BCUT2D eigenvalue weighted by atomic mass is 9.98. The number of unbranched alkanes of at least 4 members (excludes halogenated alkanes) is 4. The summed E-state index contributed by atoms with van der Waals surface area (Å²) in [6, 6.07) is 8.96. The zero-order valence-electron chi connectivity index (χ0n) is 14.6. The van der Waals surface area contributed by atoms with E-state index in [0.29, 0.717) is 0 Å². The monoisotopic (exact) mass is 299 g/mol. The Morgan fingerprint density at radius 1 is 1.05 bits per heavy atom. The van der Waals surface area contributed by atoms with Crippen LogP contribution >= 0.6 is 0 Å². The highest BCUT2D eigenvalue weighted by molar-refractivity contribution is 5.29. The molecule has 0 saturated carbocycles. The Morgan fingerprint density at radius 3 is 2.64 bits per heavy atom. The lowest BCUT2D eigenvalue weighted by molar-refractivity contribution is 0.272. The van der Waals surface area contributed by atoms with Crippen molar-refractivity contribution in [2.24, 2.45) is 0 Å². The van der Waals surface area contributed by atoms with Crippen molar-refractivity contribution >= 4 is 0 Å². The van der Waals surface area contributed by atoms with Crippen LogP contribution in [0.2, 0.25) is 0 Å². The molecule has 0 amide bonds. The Kier molecular flexibility index (Phi) is 7.73. The number of nitrogens with zero attached hydrogens (tertiary/aromatic N) is 1. The van der Waals surface area contributed by atoms with Crippen LogP contribution in [0.4, 0.5) is 0 Å². The van der Waals surface area contributed by atoms with E-state index in [1.165, 1.54) is 70.0 Å². The largest absolute Gasteiger partial charge is 0.295 e. The molecule has 0 spiro atoms. The third-order valence-corrected chi connectivity index (χ3v) is 4.71. The van der Waals surface area contributed by atoms with Crippen LogP contribution in [0, 0.1) is 0 Å². The Labute approximate surface area is 137 Å². The number of allylic oxidation sites excluding steroid dienone is 1. The molecule has 1 nitrogen and oxygen atoms in total. The first-order chi connectivity index (χ1) is 10.8. The van der Waals surface area contributed by atoms with E-state index < -0.39 is 0 Å². The Hall–Kier alpha value is -1.08. The van der Waals surface area contributed by atoms with Gasteiger partial charge in [0, 0.05) is 19.6 Å². The molecule has 1 aromatic carbocycles. The standard InChI is InChI=1S/C21H33N/c1-3-5-7-8-12-19(11-6-4-2)17-22-16-15-20-13-9-10-14-21(20)18-22/h9-11,13-14H,3-8,12,15-18H2,1-2H3/b19-11+. The van der Waals surface area contributed by atoms with E-state index in [-0.39, 0.29) is 0 Å². The Balaban J connectivity index is 1.87. The van der Waals surface area contributed by atoms with Gasteiger partial charge < -0.3 is 0 Å². The Morgan fingerprint density at radius 2 is 1.86 bits per heavy atom. The third kappa shape index (κ3) is 5.61. The van der Waals surface area contributed by atoms with Gasteiger partial charge in [-0.3, -0.25) is 4.90 Å². The SMILES string of the molecule is CCC/C=C(\CCCCCC)CN1CCc2ccccc2C1. The van der Waals surface area contributed by atoms with Gasteiger partial charge in [-0.25, -0.2) is 0 Å². The van der Waals surface area contributed by atoms with Crippen molar-refractivity contribution in [2.45, 2.75) is 71.8 Å². The topological polar surface area (TPSA) is 3.24 Å². The van der Waals surface area contributed by atoms with Crippen molar-refractivity contribution in [1.29, 1.82) is 0 Å². The second kappa shape index (κ2) is 9.84. The van der Waals surface area contributed by atoms with Crippen molar-refractivity contribution in [3.63, 3.8) is 0 Å². The molecule has 0 bridgehead atoms. The van der Waals surface area contributed by atoms with Crippen molar-refractivity contribution in [1.82, 2.24) is 4.90 Å². The van der Waals surface area contributed by atoms with E-state index >= 15 is 0 Å². The highest BCUT2D eigenvalue weighted by atomic mass is 15.1. The van der Waals surface area contributed by atoms with E-state index in [1.807, 2.05) is 0 Å². The molecule has 1 heterocycles. The van der Waals surface area contributed by atoms with Crippen molar-refractivity contribution in [2.75, 3.05) is 13.1 Å². The molecule has 0 aliphatic carbocycles. The number of hydrogen-bond acceptors (Lipinski definition) is 1. The van der Waals surface area contributed by atoms with Gasteiger partial charge >= 0.3 is 0 Å². The van der Waals surface area contributed by atoms with Crippen molar-refractivity contribution in [3.05, 3.63) is 47.0 Å². The highest BCUT2D eigenvalue weighted by Crippen LogP contribution is 2.21. The maximum atomic E-state index is 2.64. The number of benzene rings is 1. The number of rotatable bonds is 9. The summed E-state index contributed by atoms with van der Waals surface area (Å²) in [7, 11) is 0. The summed E-state index contributed by atoms with van der Waals surface area (Å²) in [5.41, 5.74) is 4.77. The van der Waals surface area contributed by atoms with Gasteiger partial charge in [-0.05, 0) is 36.8 Å². The van der Waals surface area contributed by atoms with Gasteiger partial charge in [0.15, 0.2) is 0 Å². The summed E-state index contributed by atoms with van der Waals surface area (Å²) in [4.78, 5) is 2.64. The minimum absolute atomic E-state index is 1.13. The summed E-state index contributed by atoms with van der Waals surface area (Å²) >= 11 is 0. The van der Waals surface area contributed by atoms with Gasteiger partial charge in [-0.2, -0.15) is 0 Å². The second-order valence-electron chi connectivity index (χ2n) is 6.69. The summed E-state index contributed by atoms with van der Waals surface area (Å²) in [6.45, 7) is 8.10. The van der Waals surface area contributed by atoms with Crippen molar-refractivity contribution in [3.8, 4) is 0 Å². The molecule has 1 heteroatoms. The number of fused-ring (bicyclic) bond motifs is 1. The molecule has 0 atom stereocenters. The van der Waals surface area contributed by atoms with Gasteiger partial charge in [0.1, 0.15) is 0 Å². The minimum Gasteiger partial charge on any atom is -0.295 e. The molecule has 1 aromatic rings. The summed E-state index contributed by atoms with van der Waals surface area (Å²) in [6.07, 6.45) is 13.0. The first kappa shape index (κ1) is 17.3. The van der Waals surface area contributed by atoms with Crippen LogP contribution in [0.1, 0.15) is 69.9 Å². The van der Waals surface area contributed by atoms with E-state index in [2.05, 4.69) is 49.1 Å². The molecule has 1 aliphatic rings. The second-order valence-corrected chi connectivity index (χ2v) is 6.69. The molecule has 1 aliphatic heterocycles. The maximum absolute atomic E-state index is 2.64. The first-order valence-electron chi connectivity index (χ1n) is 9.30. The van der Waals surface area contributed by atoms with E-state index in [4.69, 9.17) is 0 Å². The van der Waals surface area contributed by atoms with Gasteiger partial charge in [0.25, 0.3) is 0 Å². The normalized spacial score (nSPS) is 15.8. The zero-order valence-corrected chi connectivity index (χ0v) is 14.6. The predicted molar refractivity (Wildman–Crippen MR) is 97.2 cm³/mol. The molecular formula is C21H33N. The molecular weight excluding hydrogens is 266 g/mol. The molecule has 0 fully saturated rings. The van der Waals surface area contributed by atoms with Crippen molar-refractivity contribution < 1.29 is 0 Å². The molecule has 0 radical (unpaired) electrons. The van der Waals surface area contributed by atoms with Crippen LogP contribution in [0.5, 0.6) is 0 Å². The fourth-order valence-corrected chi connectivity index (χ4v) is 3.35. The lowest BCUT2D eigenvalue weighted by Crippen LogP contribution is -2.32. The fraction of sp³-hybridized carbons (Fsp3) is 0.619. The van der Waals surface area contributed by atoms with Crippen LogP contribution in [-0.4, -0.2) is 18.0 Å². The molecule has 122 valence electrons. The first-order valence-corrected chi connectivity index (χ1v) is 9.30. The van der Waals surface area contributed by atoms with E-state index in [9.17, 15) is 0 Å². The molecule has 0 unspecified atom stereocenters. The zero-order chi connectivity index (χ0) is 15.6.